The van der Waals surface area contributed by atoms with Gasteiger partial charge in [0.15, 0.2) is 0 Å². The fourth-order valence-electron chi connectivity index (χ4n) is 9.18. The maximum Gasteiger partial charge on any atom is 0.253 e. The average Bonchev–Trinajstić information content (AvgIpc) is 3.62. The lowest BCUT2D eigenvalue weighted by atomic mass is 9.33. The number of para-hydroxylation sites is 1. The van der Waals surface area contributed by atoms with E-state index in [-0.39, 0.29) is 6.71 Å². The molecule has 0 atom stereocenters. The molecule has 3 heteroatoms. The van der Waals surface area contributed by atoms with Crippen molar-refractivity contribution in [1.29, 1.82) is 0 Å². The summed E-state index contributed by atoms with van der Waals surface area (Å²) in [5.74, 6) is 0. The molecule has 0 saturated heterocycles. The fraction of sp³-hybridized carbons (Fsp3) is 0. The second kappa shape index (κ2) is 7.64. The van der Waals surface area contributed by atoms with Crippen LogP contribution in [0.15, 0.2) is 140 Å². The molecule has 0 unspecified atom stereocenters. The smallest absolute Gasteiger partial charge is 0.253 e. The van der Waals surface area contributed by atoms with E-state index in [1.54, 1.807) is 0 Å². The van der Waals surface area contributed by atoms with E-state index in [1.807, 2.05) is 0 Å². The molecule has 45 heavy (non-hydrogen) atoms. The third kappa shape index (κ3) is 2.51. The maximum atomic E-state index is 2.61. The Morgan fingerprint density at radius 3 is 1.58 bits per heavy atom. The lowest BCUT2D eigenvalue weighted by molar-refractivity contribution is 1.15. The number of rotatable bonds is 0. The van der Waals surface area contributed by atoms with Gasteiger partial charge in [-0.3, -0.25) is 0 Å². The van der Waals surface area contributed by atoms with Crippen molar-refractivity contribution in [2.75, 3.05) is 0 Å². The van der Waals surface area contributed by atoms with Gasteiger partial charge >= 0.3 is 0 Å². The molecular formula is C42H23BN2. The summed E-state index contributed by atoms with van der Waals surface area (Å²) in [5.41, 5.74) is 12.1. The van der Waals surface area contributed by atoms with Crippen molar-refractivity contribution in [3.05, 3.63) is 140 Å². The van der Waals surface area contributed by atoms with Gasteiger partial charge in [0.05, 0.1) is 16.6 Å². The average molecular weight is 566 g/mol. The molecule has 8 aromatic carbocycles. The van der Waals surface area contributed by atoms with E-state index in [1.165, 1.54) is 104 Å². The van der Waals surface area contributed by atoms with Gasteiger partial charge in [0, 0.05) is 49.2 Å². The first kappa shape index (κ1) is 22.7. The van der Waals surface area contributed by atoms with Crippen LogP contribution in [0, 0.1) is 0 Å². The van der Waals surface area contributed by atoms with Crippen LogP contribution < -0.4 is 16.4 Å². The van der Waals surface area contributed by atoms with Gasteiger partial charge in [-0.2, -0.15) is 0 Å². The van der Waals surface area contributed by atoms with Crippen LogP contribution in [0.25, 0.3) is 87.3 Å². The second-order valence-corrected chi connectivity index (χ2v) is 12.8. The molecule has 2 nitrogen and oxygen atoms in total. The summed E-state index contributed by atoms with van der Waals surface area (Å²) < 4.78 is 5.20. The predicted molar refractivity (Wildman–Crippen MR) is 192 cm³/mol. The van der Waals surface area contributed by atoms with E-state index in [0.717, 1.165) is 0 Å². The Morgan fingerprint density at radius 2 is 0.867 bits per heavy atom. The maximum absolute atomic E-state index is 2.61. The summed E-state index contributed by atoms with van der Waals surface area (Å²) >= 11 is 0. The molecule has 0 saturated carbocycles. The molecule has 0 amide bonds. The Balaban J connectivity index is 1.39. The predicted octanol–water partition coefficient (Wildman–Crippen LogP) is 8.48. The van der Waals surface area contributed by atoms with Gasteiger partial charge in [0.2, 0.25) is 0 Å². The van der Waals surface area contributed by atoms with Crippen LogP contribution in [0.4, 0.5) is 0 Å². The van der Waals surface area contributed by atoms with Crippen molar-refractivity contribution in [3.63, 3.8) is 0 Å². The molecule has 0 radical (unpaired) electrons. The first-order valence-corrected chi connectivity index (χ1v) is 15.8. The summed E-state index contributed by atoms with van der Waals surface area (Å²) in [5, 5.41) is 13.1. The Bertz CT molecular complexity index is 2990. The highest BCUT2D eigenvalue weighted by atomic mass is 15.0. The highest BCUT2D eigenvalue weighted by Gasteiger charge is 2.41. The quantitative estimate of drug-likeness (QED) is 0.163. The minimum Gasteiger partial charge on any atom is -0.310 e. The molecular weight excluding hydrogens is 543 g/mol. The summed E-state index contributed by atoms with van der Waals surface area (Å²) in [6, 6.07) is 52.5. The third-order valence-corrected chi connectivity index (χ3v) is 10.8. The van der Waals surface area contributed by atoms with Crippen LogP contribution in [0.1, 0.15) is 0 Å². The Labute approximate surface area is 258 Å². The van der Waals surface area contributed by atoms with Gasteiger partial charge in [-0.15, -0.1) is 0 Å². The van der Waals surface area contributed by atoms with Crippen LogP contribution in [0.3, 0.4) is 0 Å². The normalized spacial score (nSPS) is 13.3. The zero-order chi connectivity index (χ0) is 29.0. The van der Waals surface area contributed by atoms with E-state index in [2.05, 4.69) is 149 Å². The Morgan fingerprint density at radius 1 is 0.333 bits per heavy atom. The number of nitrogens with zero attached hydrogens (tertiary/aromatic N) is 2. The highest BCUT2D eigenvalue weighted by Crippen LogP contribution is 2.43. The van der Waals surface area contributed by atoms with E-state index in [9.17, 15) is 0 Å². The summed E-state index contributed by atoms with van der Waals surface area (Å²) in [6.07, 6.45) is 0. The van der Waals surface area contributed by atoms with Gasteiger partial charge in [-0.25, -0.2) is 0 Å². The van der Waals surface area contributed by atoms with Gasteiger partial charge in [-0.1, -0.05) is 121 Å². The lowest BCUT2D eigenvalue weighted by Gasteiger charge is -2.34. The summed E-state index contributed by atoms with van der Waals surface area (Å²) in [7, 11) is 0. The summed E-state index contributed by atoms with van der Waals surface area (Å²) in [4.78, 5) is 0. The van der Waals surface area contributed by atoms with Crippen molar-refractivity contribution in [2.45, 2.75) is 0 Å². The van der Waals surface area contributed by atoms with Crippen LogP contribution in [0.5, 0.6) is 0 Å². The van der Waals surface area contributed by atoms with Crippen molar-refractivity contribution < 1.29 is 0 Å². The lowest BCUT2D eigenvalue weighted by Crippen LogP contribution is -2.59. The van der Waals surface area contributed by atoms with E-state index in [0.29, 0.717) is 0 Å². The first-order valence-electron chi connectivity index (χ1n) is 15.8. The number of fused-ring (bicyclic) bond motifs is 16. The number of hydrogen-bond donors (Lipinski definition) is 0. The molecule has 0 bridgehead atoms. The zero-order valence-electron chi connectivity index (χ0n) is 24.3. The zero-order valence-corrected chi connectivity index (χ0v) is 24.3. The van der Waals surface area contributed by atoms with Crippen molar-refractivity contribution in [3.8, 4) is 11.4 Å². The Hall–Kier alpha value is -5.80. The highest BCUT2D eigenvalue weighted by molar-refractivity contribution is 7.01. The molecule has 2 aromatic heterocycles. The largest absolute Gasteiger partial charge is 0.310 e. The van der Waals surface area contributed by atoms with Crippen LogP contribution >= 0.6 is 0 Å². The van der Waals surface area contributed by atoms with Crippen molar-refractivity contribution in [1.82, 2.24) is 9.13 Å². The van der Waals surface area contributed by atoms with Crippen molar-refractivity contribution in [2.24, 2.45) is 0 Å². The Kier molecular flexibility index (Phi) is 3.85. The van der Waals surface area contributed by atoms with Gasteiger partial charge in [0.1, 0.15) is 0 Å². The molecule has 0 fully saturated rings. The fourth-order valence-corrected chi connectivity index (χ4v) is 9.18. The summed E-state index contributed by atoms with van der Waals surface area (Å²) in [6.45, 7) is 0.125. The minimum absolute atomic E-state index is 0.125. The molecule has 12 rings (SSSR count). The molecule has 0 aliphatic carbocycles. The SMILES string of the molecule is c1cc2c3c(c1)-n1c4c(c5ccccc5cc4c4ccc5ccccc5c41)B3c1cccc3c4ccc5ccccc5c4n-2c13. The van der Waals surface area contributed by atoms with Gasteiger partial charge in [0.25, 0.3) is 6.71 Å². The minimum atomic E-state index is 0.125. The van der Waals surface area contributed by atoms with Crippen LogP contribution in [-0.2, 0) is 0 Å². The second-order valence-electron chi connectivity index (χ2n) is 12.8. The molecule has 4 heterocycles. The molecule has 0 N–H and O–H groups in total. The standard InChI is InChI=1S/C42H23BN2/c1-5-13-28-24(9-1)19-21-31-30-15-7-16-34-41(30)44(39(28)31)35-17-8-18-36-38(35)43(34)37-27-12-4-3-11-26(27)23-33-32-22-20-25-10-2-6-14-29(25)40(32)45(36)42(33)37/h1-23H. The van der Waals surface area contributed by atoms with Gasteiger partial charge in [-0.05, 0) is 56.1 Å². The molecule has 10 aromatic rings. The van der Waals surface area contributed by atoms with Crippen LogP contribution in [-0.4, -0.2) is 15.8 Å². The van der Waals surface area contributed by atoms with Crippen LogP contribution in [0.2, 0.25) is 0 Å². The van der Waals surface area contributed by atoms with E-state index >= 15 is 0 Å². The molecule has 2 aliphatic heterocycles. The first-order chi connectivity index (χ1) is 22.4. The number of aromatic nitrogens is 2. The molecule has 2 aliphatic rings. The monoisotopic (exact) mass is 566 g/mol. The topological polar surface area (TPSA) is 9.86 Å². The third-order valence-electron chi connectivity index (χ3n) is 10.8. The van der Waals surface area contributed by atoms with Gasteiger partial charge < -0.3 is 9.13 Å². The number of hydrogen-bond acceptors (Lipinski definition) is 0. The van der Waals surface area contributed by atoms with E-state index < -0.39 is 0 Å². The van der Waals surface area contributed by atoms with Crippen molar-refractivity contribution >= 4 is 99.0 Å². The number of benzene rings is 8. The molecule has 204 valence electrons. The van der Waals surface area contributed by atoms with E-state index in [4.69, 9.17) is 0 Å². The molecule has 0 spiro atoms.